The van der Waals surface area contributed by atoms with Crippen LogP contribution in [0.5, 0.6) is 5.75 Å². The van der Waals surface area contributed by atoms with Gasteiger partial charge in [0.2, 0.25) is 0 Å². The number of aromatic amines is 1. The molecule has 2 aromatic rings. The maximum absolute atomic E-state index is 9.10. The first-order valence-corrected chi connectivity index (χ1v) is 4.07. The molecule has 0 amide bonds. The molecule has 0 radical (unpaired) electrons. The lowest BCUT2D eigenvalue weighted by Gasteiger charge is -1.98. The summed E-state index contributed by atoms with van der Waals surface area (Å²) in [4.78, 5) is 0. The molecular formula is C10H10N2O. The van der Waals surface area contributed by atoms with Gasteiger partial charge in [0.25, 0.3) is 0 Å². The fraction of sp³-hybridized carbons (Fsp3) is 0.100. The number of phenolic OH excluding ortho intramolecular Hbond substituents is 1. The van der Waals surface area contributed by atoms with E-state index in [1.807, 2.05) is 19.1 Å². The van der Waals surface area contributed by atoms with E-state index in [-0.39, 0.29) is 5.75 Å². The highest BCUT2D eigenvalue weighted by Gasteiger charge is 2.02. The van der Waals surface area contributed by atoms with Crippen LogP contribution in [0.25, 0.3) is 11.1 Å². The van der Waals surface area contributed by atoms with Gasteiger partial charge in [0, 0.05) is 11.3 Å². The van der Waals surface area contributed by atoms with Crippen molar-refractivity contribution < 1.29 is 5.11 Å². The number of benzene rings is 1. The Morgan fingerprint density at radius 2 is 1.92 bits per heavy atom. The lowest BCUT2D eigenvalue weighted by atomic mass is 10.1. The molecule has 0 saturated heterocycles. The fourth-order valence-corrected chi connectivity index (χ4v) is 1.28. The average Bonchev–Trinajstić information content (AvgIpc) is 2.53. The molecule has 1 heterocycles. The zero-order valence-electron chi connectivity index (χ0n) is 7.28. The Kier molecular flexibility index (Phi) is 1.77. The van der Waals surface area contributed by atoms with Crippen molar-refractivity contribution >= 4 is 0 Å². The van der Waals surface area contributed by atoms with Crippen LogP contribution >= 0.6 is 0 Å². The Labute approximate surface area is 76.0 Å². The normalized spacial score (nSPS) is 10.2. The molecule has 1 aromatic heterocycles. The van der Waals surface area contributed by atoms with Gasteiger partial charge in [-0.3, -0.25) is 5.10 Å². The van der Waals surface area contributed by atoms with E-state index in [0.29, 0.717) is 0 Å². The maximum Gasteiger partial charge on any atom is 0.115 e. The van der Waals surface area contributed by atoms with E-state index in [1.165, 1.54) is 0 Å². The Balaban J connectivity index is 2.47. The molecule has 0 aliphatic carbocycles. The Bertz CT molecular complexity index is 403. The van der Waals surface area contributed by atoms with E-state index in [0.717, 1.165) is 16.8 Å². The summed E-state index contributed by atoms with van der Waals surface area (Å²) < 4.78 is 0. The molecule has 0 fully saturated rings. The van der Waals surface area contributed by atoms with Crippen LogP contribution in [0.1, 0.15) is 5.69 Å². The van der Waals surface area contributed by atoms with Gasteiger partial charge in [-0.25, -0.2) is 0 Å². The minimum Gasteiger partial charge on any atom is -0.508 e. The minimum atomic E-state index is 0.282. The lowest BCUT2D eigenvalue weighted by Crippen LogP contribution is -1.77. The van der Waals surface area contributed by atoms with Crippen LogP contribution in [0.15, 0.2) is 30.5 Å². The molecule has 0 atom stereocenters. The first kappa shape index (κ1) is 7.86. The van der Waals surface area contributed by atoms with Crippen molar-refractivity contribution in [3.8, 4) is 16.9 Å². The summed E-state index contributed by atoms with van der Waals surface area (Å²) in [5.74, 6) is 0.282. The molecule has 2 rings (SSSR count). The Hall–Kier alpha value is -1.77. The van der Waals surface area contributed by atoms with Crippen LogP contribution in [-0.2, 0) is 0 Å². The van der Waals surface area contributed by atoms with Crippen LogP contribution < -0.4 is 0 Å². The average molecular weight is 174 g/mol. The molecule has 3 heteroatoms. The first-order chi connectivity index (χ1) is 6.27. The highest BCUT2D eigenvalue weighted by atomic mass is 16.3. The molecular weight excluding hydrogens is 164 g/mol. The van der Waals surface area contributed by atoms with E-state index < -0.39 is 0 Å². The second-order valence-electron chi connectivity index (χ2n) is 2.96. The van der Waals surface area contributed by atoms with Crippen molar-refractivity contribution in [1.29, 1.82) is 0 Å². The standard InChI is InChI=1S/C10H10N2O/c1-7-10(6-11-12-7)8-2-4-9(13)5-3-8/h2-6,13H,1H3,(H,11,12). The Morgan fingerprint density at radius 3 is 2.46 bits per heavy atom. The van der Waals surface area contributed by atoms with Gasteiger partial charge < -0.3 is 5.11 Å². The predicted octanol–water partition coefficient (Wildman–Crippen LogP) is 2.09. The van der Waals surface area contributed by atoms with Crippen LogP contribution in [-0.4, -0.2) is 15.3 Å². The van der Waals surface area contributed by atoms with E-state index in [1.54, 1.807) is 18.3 Å². The molecule has 0 aliphatic heterocycles. The third-order valence-corrected chi connectivity index (χ3v) is 2.01. The molecule has 1 aromatic carbocycles. The minimum absolute atomic E-state index is 0.282. The topological polar surface area (TPSA) is 48.9 Å². The number of H-pyrrole nitrogens is 1. The Morgan fingerprint density at radius 1 is 1.23 bits per heavy atom. The van der Waals surface area contributed by atoms with Gasteiger partial charge in [-0.05, 0) is 24.6 Å². The van der Waals surface area contributed by atoms with Crippen LogP contribution in [0.4, 0.5) is 0 Å². The summed E-state index contributed by atoms with van der Waals surface area (Å²) in [6, 6.07) is 7.07. The zero-order valence-corrected chi connectivity index (χ0v) is 7.28. The van der Waals surface area contributed by atoms with Crippen molar-refractivity contribution in [2.75, 3.05) is 0 Å². The van der Waals surface area contributed by atoms with Crippen LogP contribution in [0.2, 0.25) is 0 Å². The van der Waals surface area contributed by atoms with Gasteiger partial charge in [-0.2, -0.15) is 5.10 Å². The molecule has 66 valence electrons. The van der Waals surface area contributed by atoms with Crippen molar-refractivity contribution in [3.63, 3.8) is 0 Å². The monoisotopic (exact) mass is 174 g/mol. The van der Waals surface area contributed by atoms with Gasteiger partial charge in [-0.1, -0.05) is 12.1 Å². The van der Waals surface area contributed by atoms with Gasteiger partial charge in [0.05, 0.1) is 6.20 Å². The van der Waals surface area contributed by atoms with Crippen molar-refractivity contribution in [3.05, 3.63) is 36.2 Å². The van der Waals surface area contributed by atoms with E-state index in [4.69, 9.17) is 5.11 Å². The summed E-state index contributed by atoms with van der Waals surface area (Å²) in [7, 11) is 0. The largest absolute Gasteiger partial charge is 0.508 e. The van der Waals surface area contributed by atoms with Crippen molar-refractivity contribution in [2.45, 2.75) is 6.92 Å². The number of aromatic hydroxyl groups is 1. The molecule has 13 heavy (non-hydrogen) atoms. The summed E-state index contributed by atoms with van der Waals surface area (Å²) in [5.41, 5.74) is 3.16. The smallest absolute Gasteiger partial charge is 0.115 e. The summed E-state index contributed by atoms with van der Waals surface area (Å²) in [5, 5.41) is 15.9. The number of hydrogen-bond acceptors (Lipinski definition) is 2. The third kappa shape index (κ3) is 1.40. The van der Waals surface area contributed by atoms with Gasteiger partial charge in [0.1, 0.15) is 5.75 Å². The maximum atomic E-state index is 9.10. The van der Waals surface area contributed by atoms with Gasteiger partial charge in [-0.15, -0.1) is 0 Å². The number of nitrogens with zero attached hydrogens (tertiary/aromatic N) is 1. The molecule has 0 aliphatic rings. The third-order valence-electron chi connectivity index (χ3n) is 2.01. The quantitative estimate of drug-likeness (QED) is 0.695. The molecule has 0 unspecified atom stereocenters. The highest BCUT2D eigenvalue weighted by Crippen LogP contribution is 2.22. The molecule has 2 N–H and O–H groups in total. The number of hydrogen-bond donors (Lipinski definition) is 2. The summed E-state index contributed by atoms with van der Waals surface area (Å²) >= 11 is 0. The number of aromatic nitrogens is 2. The SMILES string of the molecule is Cc1[nH]ncc1-c1ccc(O)cc1. The molecule has 0 bridgehead atoms. The van der Waals surface area contributed by atoms with Gasteiger partial charge >= 0.3 is 0 Å². The summed E-state index contributed by atoms with van der Waals surface area (Å²) in [6.45, 7) is 1.97. The number of phenols is 1. The molecule has 0 saturated carbocycles. The zero-order chi connectivity index (χ0) is 9.26. The molecule has 3 nitrogen and oxygen atoms in total. The van der Waals surface area contributed by atoms with E-state index >= 15 is 0 Å². The first-order valence-electron chi connectivity index (χ1n) is 4.07. The summed E-state index contributed by atoms with van der Waals surface area (Å²) in [6.07, 6.45) is 1.78. The van der Waals surface area contributed by atoms with Crippen molar-refractivity contribution in [2.24, 2.45) is 0 Å². The second kappa shape index (κ2) is 2.94. The van der Waals surface area contributed by atoms with E-state index in [9.17, 15) is 0 Å². The van der Waals surface area contributed by atoms with E-state index in [2.05, 4.69) is 10.2 Å². The van der Waals surface area contributed by atoms with Crippen molar-refractivity contribution in [1.82, 2.24) is 10.2 Å². The number of rotatable bonds is 1. The van der Waals surface area contributed by atoms with Crippen LogP contribution in [0.3, 0.4) is 0 Å². The number of aryl methyl sites for hydroxylation is 1. The highest BCUT2D eigenvalue weighted by molar-refractivity contribution is 5.65. The second-order valence-corrected chi connectivity index (χ2v) is 2.96. The van der Waals surface area contributed by atoms with Crippen LogP contribution in [0, 0.1) is 6.92 Å². The fourth-order valence-electron chi connectivity index (χ4n) is 1.28. The lowest BCUT2D eigenvalue weighted by molar-refractivity contribution is 0.475. The van der Waals surface area contributed by atoms with Gasteiger partial charge in [0.15, 0.2) is 0 Å². The number of nitrogens with one attached hydrogen (secondary N) is 1. The predicted molar refractivity (Wildman–Crippen MR) is 50.4 cm³/mol. The molecule has 0 spiro atoms.